The predicted octanol–water partition coefficient (Wildman–Crippen LogP) is 2.25. The van der Waals surface area contributed by atoms with Gasteiger partial charge in [-0.25, -0.2) is 0 Å². The number of aryl methyl sites for hydroxylation is 1. The van der Waals surface area contributed by atoms with Crippen LogP contribution in [-0.4, -0.2) is 6.04 Å². The van der Waals surface area contributed by atoms with E-state index in [0.717, 1.165) is 31.6 Å². The molecule has 0 saturated heterocycles. The highest BCUT2D eigenvalue weighted by atomic mass is 16.9. The Morgan fingerprint density at radius 2 is 1.71 bits per heavy atom. The van der Waals surface area contributed by atoms with Gasteiger partial charge in [-0.15, -0.1) is 0 Å². The Kier molecular flexibility index (Phi) is 4.02. The second-order valence-corrected chi connectivity index (χ2v) is 5.19. The zero-order valence-corrected chi connectivity index (χ0v) is 10.6. The number of hydrogen-bond donors (Lipinski definition) is 1. The van der Waals surface area contributed by atoms with Crippen LogP contribution in [0.25, 0.3) is 0 Å². The molecule has 1 aromatic rings. The lowest BCUT2D eigenvalue weighted by atomic mass is 9.88. The molecule has 17 heavy (non-hydrogen) atoms. The van der Waals surface area contributed by atoms with Gasteiger partial charge in [0.25, 0.3) is 0 Å². The van der Waals surface area contributed by atoms with Crippen LogP contribution in [-0.2, 0) is 0 Å². The van der Waals surface area contributed by atoms with Crippen LogP contribution >= 0.6 is 0 Å². The lowest BCUT2D eigenvalue weighted by molar-refractivity contribution is -1.04. The van der Waals surface area contributed by atoms with Crippen LogP contribution in [0.3, 0.4) is 0 Å². The van der Waals surface area contributed by atoms with E-state index < -0.39 is 0 Å². The lowest BCUT2D eigenvalue weighted by Gasteiger charge is -2.33. The first-order chi connectivity index (χ1) is 8.15. The Morgan fingerprint density at radius 1 is 1.12 bits per heavy atom. The summed E-state index contributed by atoms with van der Waals surface area (Å²) in [5.74, 6) is 1.43. The van der Waals surface area contributed by atoms with Crippen molar-refractivity contribution in [3.63, 3.8) is 0 Å². The number of hydroxylamine groups is 2. The van der Waals surface area contributed by atoms with Crippen molar-refractivity contribution in [2.75, 3.05) is 0 Å². The van der Waals surface area contributed by atoms with Gasteiger partial charge in [0.05, 0.1) is 0 Å². The van der Waals surface area contributed by atoms with Gasteiger partial charge in [-0.1, -0.05) is 24.6 Å². The average Bonchev–Trinajstić information content (AvgIpc) is 2.33. The minimum atomic E-state index is -0.0549. The SMILES string of the molecule is Cc1ccc(O[NH+]([O-])C2CCC(C)CC2)cc1. The summed E-state index contributed by atoms with van der Waals surface area (Å²) in [5.41, 5.74) is 1.18. The van der Waals surface area contributed by atoms with E-state index in [0.29, 0.717) is 5.75 Å². The Morgan fingerprint density at radius 3 is 2.29 bits per heavy atom. The Labute approximate surface area is 103 Å². The van der Waals surface area contributed by atoms with E-state index in [1.165, 1.54) is 5.56 Å². The molecule has 0 aromatic heterocycles. The van der Waals surface area contributed by atoms with Gasteiger partial charge in [0, 0.05) is 12.8 Å². The summed E-state index contributed by atoms with van der Waals surface area (Å²) < 4.78 is 0. The molecular formula is C14H21NO2. The molecule has 0 bridgehead atoms. The van der Waals surface area contributed by atoms with Gasteiger partial charge in [-0.05, 0) is 37.8 Å². The van der Waals surface area contributed by atoms with Crippen LogP contribution in [0, 0.1) is 18.0 Å². The molecule has 1 aromatic carbocycles. The highest BCUT2D eigenvalue weighted by Crippen LogP contribution is 2.22. The standard InChI is InChI=1S/C14H21NO2/c1-11-3-7-13(8-4-11)15(16)17-14-9-5-12(2)6-10-14/h5-6,9-11,13,15H,3-4,7-8H2,1-2H3. The first kappa shape index (κ1) is 12.4. The topological polar surface area (TPSA) is 36.7 Å². The third kappa shape index (κ3) is 3.45. The van der Waals surface area contributed by atoms with Crippen molar-refractivity contribution >= 4 is 0 Å². The van der Waals surface area contributed by atoms with Gasteiger partial charge in [0.1, 0.15) is 6.04 Å². The zero-order valence-electron chi connectivity index (χ0n) is 10.6. The number of benzene rings is 1. The molecule has 0 radical (unpaired) electrons. The fourth-order valence-corrected chi connectivity index (χ4v) is 2.30. The van der Waals surface area contributed by atoms with Crippen molar-refractivity contribution in [1.29, 1.82) is 0 Å². The quantitative estimate of drug-likeness (QED) is 0.816. The highest BCUT2D eigenvalue weighted by Gasteiger charge is 2.24. The van der Waals surface area contributed by atoms with E-state index in [-0.39, 0.29) is 11.3 Å². The molecule has 0 heterocycles. The van der Waals surface area contributed by atoms with Crippen LogP contribution < -0.4 is 10.1 Å². The zero-order chi connectivity index (χ0) is 12.3. The summed E-state index contributed by atoms with van der Waals surface area (Å²) in [6.07, 6.45) is 4.25. The molecule has 3 heteroatoms. The molecule has 0 amide bonds. The highest BCUT2D eigenvalue weighted by molar-refractivity contribution is 5.25. The van der Waals surface area contributed by atoms with Gasteiger partial charge in [-0.3, -0.25) is 0 Å². The first-order valence-corrected chi connectivity index (χ1v) is 6.43. The fourth-order valence-electron chi connectivity index (χ4n) is 2.30. The molecule has 94 valence electrons. The van der Waals surface area contributed by atoms with Gasteiger partial charge in [0.2, 0.25) is 0 Å². The maximum atomic E-state index is 11.9. The minimum absolute atomic E-state index is 0.0549. The van der Waals surface area contributed by atoms with Gasteiger partial charge in [0.15, 0.2) is 5.75 Å². The van der Waals surface area contributed by atoms with Gasteiger partial charge >= 0.3 is 0 Å². The molecule has 1 saturated carbocycles. The van der Waals surface area contributed by atoms with Crippen molar-refractivity contribution in [1.82, 2.24) is 0 Å². The lowest BCUT2D eigenvalue weighted by Crippen LogP contribution is -3.13. The second kappa shape index (κ2) is 5.52. The summed E-state index contributed by atoms with van der Waals surface area (Å²) in [4.78, 5) is 5.41. The van der Waals surface area contributed by atoms with E-state index in [9.17, 15) is 5.21 Å². The van der Waals surface area contributed by atoms with Crippen LogP contribution in [0.5, 0.6) is 5.75 Å². The number of hydrogen-bond acceptors (Lipinski definition) is 2. The third-order valence-corrected chi connectivity index (χ3v) is 3.59. The largest absolute Gasteiger partial charge is 0.591 e. The number of rotatable bonds is 3. The Balaban J connectivity index is 1.88. The maximum Gasteiger partial charge on any atom is 0.190 e. The minimum Gasteiger partial charge on any atom is -0.591 e. The summed E-state index contributed by atoms with van der Waals surface area (Å²) in [6, 6.07) is 7.75. The van der Waals surface area contributed by atoms with Crippen LogP contribution in [0.4, 0.5) is 0 Å². The molecule has 1 N–H and O–H groups in total. The summed E-state index contributed by atoms with van der Waals surface area (Å²) in [5, 5.41) is 11.9. The van der Waals surface area contributed by atoms with Crippen molar-refractivity contribution in [3.05, 3.63) is 35.0 Å². The van der Waals surface area contributed by atoms with E-state index in [4.69, 9.17) is 4.84 Å². The molecule has 2 rings (SSSR count). The van der Waals surface area contributed by atoms with E-state index in [1.54, 1.807) is 0 Å². The molecule has 3 nitrogen and oxygen atoms in total. The van der Waals surface area contributed by atoms with Gasteiger partial charge in [-0.2, -0.15) is 5.23 Å². The normalized spacial score (nSPS) is 26.5. The van der Waals surface area contributed by atoms with E-state index in [2.05, 4.69) is 6.92 Å². The van der Waals surface area contributed by atoms with E-state index in [1.807, 2.05) is 31.2 Å². The van der Waals surface area contributed by atoms with Crippen LogP contribution in [0.2, 0.25) is 0 Å². The maximum absolute atomic E-state index is 11.9. The van der Waals surface area contributed by atoms with Crippen molar-refractivity contribution in [2.24, 2.45) is 5.92 Å². The second-order valence-electron chi connectivity index (χ2n) is 5.19. The average molecular weight is 235 g/mol. The smallest absolute Gasteiger partial charge is 0.190 e. The summed E-state index contributed by atoms with van der Waals surface area (Å²) >= 11 is 0. The molecule has 0 aliphatic heterocycles. The molecule has 1 aliphatic rings. The number of quaternary nitrogens is 1. The molecule has 1 atom stereocenters. The van der Waals surface area contributed by atoms with Crippen LogP contribution in [0.1, 0.15) is 38.2 Å². The Hall–Kier alpha value is -1.06. The van der Waals surface area contributed by atoms with Crippen LogP contribution in [0.15, 0.2) is 24.3 Å². The van der Waals surface area contributed by atoms with Crippen molar-refractivity contribution < 1.29 is 10.1 Å². The van der Waals surface area contributed by atoms with E-state index >= 15 is 0 Å². The Bertz CT molecular complexity index is 342. The van der Waals surface area contributed by atoms with Crippen molar-refractivity contribution in [2.45, 2.75) is 45.6 Å². The summed E-state index contributed by atoms with van der Waals surface area (Å²) in [6.45, 7) is 4.27. The van der Waals surface area contributed by atoms with Crippen molar-refractivity contribution in [3.8, 4) is 5.75 Å². The number of nitrogens with one attached hydrogen (secondary N) is 1. The molecule has 1 aliphatic carbocycles. The monoisotopic (exact) mass is 235 g/mol. The summed E-state index contributed by atoms with van der Waals surface area (Å²) in [7, 11) is 0. The first-order valence-electron chi connectivity index (χ1n) is 6.43. The molecular weight excluding hydrogens is 214 g/mol. The molecule has 1 fully saturated rings. The molecule has 0 spiro atoms. The molecule has 1 unspecified atom stereocenters. The predicted molar refractivity (Wildman–Crippen MR) is 67.6 cm³/mol. The fraction of sp³-hybridized carbons (Fsp3) is 0.571. The van der Waals surface area contributed by atoms with Gasteiger partial charge < -0.3 is 10.0 Å². The third-order valence-electron chi connectivity index (χ3n) is 3.59.